The third-order valence-corrected chi connectivity index (χ3v) is 5.29. The van der Waals surface area contributed by atoms with E-state index in [1.54, 1.807) is 0 Å². The van der Waals surface area contributed by atoms with Crippen LogP contribution >= 0.6 is 0 Å². The van der Waals surface area contributed by atoms with Gasteiger partial charge in [0.25, 0.3) is 0 Å². The number of Topliss-reactive ketones (excluding diaryl/α,β-unsaturated/α-hetero) is 1. The summed E-state index contributed by atoms with van der Waals surface area (Å²) in [6.45, 7) is 1.65. The average Bonchev–Trinajstić information content (AvgIpc) is 3.19. The molecule has 4 rings (SSSR count). The fourth-order valence-electron chi connectivity index (χ4n) is 3.79. The van der Waals surface area contributed by atoms with E-state index in [-0.39, 0.29) is 24.3 Å². The number of aromatic nitrogens is 1. The normalized spacial score (nSPS) is 11.9. The Morgan fingerprint density at radius 2 is 1.50 bits per heavy atom. The third kappa shape index (κ3) is 3.90. The Morgan fingerprint density at radius 1 is 0.867 bits per heavy atom. The van der Waals surface area contributed by atoms with E-state index in [4.69, 9.17) is 4.74 Å². The van der Waals surface area contributed by atoms with Crippen molar-refractivity contribution in [1.82, 2.24) is 4.98 Å². The lowest BCUT2D eigenvalue weighted by Crippen LogP contribution is -2.20. The van der Waals surface area contributed by atoms with Crippen LogP contribution in [-0.4, -0.2) is 23.3 Å². The number of ether oxygens (including phenoxy) is 1. The molecule has 4 aromatic rings. The van der Waals surface area contributed by atoms with E-state index in [9.17, 15) is 9.59 Å². The first kappa shape index (κ1) is 19.6. The number of H-pyrrole nitrogens is 1. The second kappa shape index (κ2) is 8.78. The molecule has 0 radical (unpaired) electrons. The molecular formula is C26H23NO3. The number of hydrogen-bond donors (Lipinski definition) is 1. The van der Waals surface area contributed by atoms with Gasteiger partial charge in [-0.25, -0.2) is 0 Å². The van der Waals surface area contributed by atoms with E-state index in [1.807, 2.05) is 91.9 Å². The number of para-hydroxylation sites is 1. The van der Waals surface area contributed by atoms with Crippen LogP contribution in [0.2, 0.25) is 0 Å². The zero-order chi connectivity index (χ0) is 20.9. The van der Waals surface area contributed by atoms with Gasteiger partial charge in [0, 0.05) is 10.9 Å². The Hall–Kier alpha value is -3.66. The predicted molar refractivity (Wildman–Crippen MR) is 118 cm³/mol. The quantitative estimate of drug-likeness (QED) is 0.319. The van der Waals surface area contributed by atoms with Gasteiger partial charge in [0.1, 0.15) is 0 Å². The van der Waals surface area contributed by atoms with Crippen LogP contribution < -0.4 is 0 Å². The molecule has 0 spiro atoms. The number of carbonyl (C=O) groups is 2. The first-order valence-corrected chi connectivity index (χ1v) is 10.1. The van der Waals surface area contributed by atoms with Gasteiger partial charge in [-0.05, 0) is 23.6 Å². The Labute approximate surface area is 175 Å². The molecule has 0 fully saturated rings. The highest BCUT2D eigenvalue weighted by Gasteiger charge is 2.24. The van der Waals surface area contributed by atoms with Crippen molar-refractivity contribution in [1.29, 1.82) is 0 Å². The topological polar surface area (TPSA) is 59.2 Å². The van der Waals surface area contributed by atoms with Gasteiger partial charge < -0.3 is 9.72 Å². The van der Waals surface area contributed by atoms with Crippen LogP contribution in [0.25, 0.3) is 22.2 Å². The molecule has 0 saturated heterocycles. The molecule has 0 aliphatic carbocycles. The minimum absolute atomic E-state index is 0.220. The van der Waals surface area contributed by atoms with Crippen molar-refractivity contribution >= 4 is 22.7 Å². The van der Waals surface area contributed by atoms with Crippen molar-refractivity contribution in [2.45, 2.75) is 19.3 Å². The number of ketones is 1. The summed E-state index contributed by atoms with van der Waals surface area (Å²) in [6.07, 6.45) is 0.611. The summed E-state index contributed by atoms with van der Waals surface area (Å²) in [7, 11) is 0. The summed E-state index contributed by atoms with van der Waals surface area (Å²) in [5, 5.41) is 0.826. The van der Waals surface area contributed by atoms with E-state index >= 15 is 0 Å². The Kier molecular flexibility index (Phi) is 5.75. The van der Waals surface area contributed by atoms with Crippen molar-refractivity contribution in [3.8, 4) is 11.3 Å². The largest absolute Gasteiger partial charge is 0.457 e. The Bertz CT molecular complexity index is 1160. The number of carbonyl (C=O) groups excluding carboxylic acids is 2. The number of nitrogens with one attached hydrogen (secondary N) is 1. The lowest BCUT2D eigenvalue weighted by molar-refractivity contribution is -0.144. The molecule has 1 aromatic heterocycles. The lowest BCUT2D eigenvalue weighted by Gasteiger charge is -2.14. The van der Waals surface area contributed by atoms with Crippen molar-refractivity contribution in [2.24, 2.45) is 0 Å². The van der Waals surface area contributed by atoms with Gasteiger partial charge in [-0.3, -0.25) is 9.59 Å². The maximum Gasteiger partial charge on any atom is 0.313 e. The lowest BCUT2D eigenvalue weighted by atomic mass is 9.97. The van der Waals surface area contributed by atoms with Crippen LogP contribution in [0.3, 0.4) is 0 Å². The zero-order valence-electron chi connectivity index (χ0n) is 16.8. The van der Waals surface area contributed by atoms with Gasteiger partial charge in [0.2, 0.25) is 5.78 Å². The molecule has 4 heteroatoms. The molecule has 1 atom stereocenters. The molecule has 4 nitrogen and oxygen atoms in total. The summed E-state index contributed by atoms with van der Waals surface area (Å²) in [5.41, 5.74) is 3.99. The van der Waals surface area contributed by atoms with E-state index in [0.29, 0.717) is 12.0 Å². The number of aromatic amines is 1. The average molecular weight is 397 g/mol. The molecule has 0 bridgehead atoms. The van der Waals surface area contributed by atoms with E-state index < -0.39 is 0 Å². The van der Waals surface area contributed by atoms with Gasteiger partial charge in [0.15, 0.2) is 6.61 Å². The maximum atomic E-state index is 13.2. The Morgan fingerprint density at radius 3 is 2.20 bits per heavy atom. The van der Waals surface area contributed by atoms with Gasteiger partial charge in [-0.15, -0.1) is 0 Å². The Balaban J connectivity index is 1.60. The molecule has 1 heterocycles. The standard InChI is InChI=1S/C26H23NO3/c1-2-20(18-11-5-3-6-12-18)26(29)30-17-23(28)24-21-15-9-10-16-22(21)27-25(24)19-13-7-4-8-14-19/h3-16,20,27H,2,17H2,1H3/t20-/m1/s1. The molecule has 150 valence electrons. The minimum Gasteiger partial charge on any atom is -0.457 e. The highest BCUT2D eigenvalue weighted by Crippen LogP contribution is 2.31. The summed E-state index contributed by atoms with van der Waals surface area (Å²) in [4.78, 5) is 29.2. The van der Waals surface area contributed by atoms with Crippen molar-refractivity contribution in [3.05, 3.63) is 96.1 Å². The first-order chi connectivity index (χ1) is 14.7. The number of fused-ring (bicyclic) bond motifs is 1. The smallest absolute Gasteiger partial charge is 0.313 e. The molecule has 0 aliphatic heterocycles. The molecular weight excluding hydrogens is 374 g/mol. The highest BCUT2D eigenvalue weighted by molar-refractivity contribution is 6.14. The second-order valence-corrected chi connectivity index (χ2v) is 7.19. The number of esters is 1. The van der Waals surface area contributed by atoms with Crippen LogP contribution in [0.1, 0.15) is 35.2 Å². The van der Waals surface area contributed by atoms with E-state index in [1.165, 1.54) is 0 Å². The van der Waals surface area contributed by atoms with Crippen LogP contribution in [0.5, 0.6) is 0 Å². The van der Waals surface area contributed by atoms with Gasteiger partial charge in [-0.1, -0.05) is 85.8 Å². The molecule has 30 heavy (non-hydrogen) atoms. The van der Waals surface area contributed by atoms with Gasteiger partial charge >= 0.3 is 5.97 Å². The van der Waals surface area contributed by atoms with E-state index in [2.05, 4.69) is 4.98 Å². The number of hydrogen-bond acceptors (Lipinski definition) is 3. The predicted octanol–water partition coefficient (Wildman–Crippen LogP) is 5.75. The van der Waals surface area contributed by atoms with E-state index in [0.717, 1.165) is 27.7 Å². The summed E-state index contributed by atoms with van der Waals surface area (Å²) >= 11 is 0. The number of rotatable bonds is 7. The maximum absolute atomic E-state index is 13.2. The second-order valence-electron chi connectivity index (χ2n) is 7.19. The molecule has 0 amide bonds. The van der Waals surface area contributed by atoms with Crippen LogP contribution in [0.4, 0.5) is 0 Å². The molecule has 0 saturated carbocycles. The van der Waals surface area contributed by atoms with Crippen LogP contribution in [0.15, 0.2) is 84.9 Å². The molecule has 1 N–H and O–H groups in total. The molecule has 3 aromatic carbocycles. The SMILES string of the molecule is CC[C@@H](C(=O)OCC(=O)c1c(-c2ccccc2)[nH]c2ccccc12)c1ccccc1. The first-order valence-electron chi connectivity index (χ1n) is 10.1. The highest BCUT2D eigenvalue weighted by atomic mass is 16.5. The molecule has 0 aliphatic rings. The monoisotopic (exact) mass is 397 g/mol. The van der Waals surface area contributed by atoms with Gasteiger partial charge in [-0.2, -0.15) is 0 Å². The van der Waals surface area contributed by atoms with Crippen molar-refractivity contribution in [3.63, 3.8) is 0 Å². The van der Waals surface area contributed by atoms with Crippen LogP contribution in [-0.2, 0) is 9.53 Å². The molecule has 0 unspecified atom stereocenters. The van der Waals surface area contributed by atoms with Gasteiger partial charge in [0.05, 0.1) is 17.2 Å². The van der Waals surface area contributed by atoms with Crippen molar-refractivity contribution < 1.29 is 14.3 Å². The fraction of sp³-hybridized carbons (Fsp3) is 0.154. The third-order valence-electron chi connectivity index (χ3n) is 5.29. The minimum atomic E-state index is -0.379. The summed E-state index contributed by atoms with van der Waals surface area (Å²) < 4.78 is 5.47. The van der Waals surface area contributed by atoms with Crippen LogP contribution in [0, 0.1) is 0 Å². The fourth-order valence-corrected chi connectivity index (χ4v) is 3.79. The van der Waals surface area contributed by atoms with Crippen molar-refractivity contribution in [2.75, 3.05) is 6.61 Å². The number of benzene rings is 3. The summed E-state index contributed by atoms with van der Waals surface area (Å²) in [5.74, 6) is -0.976. The summed E-state index contributed by atoms with van der Waals surface area (Å²) in [6, 6.07) is 26.9. The zero-order valence-corrected chi connectivity index (χ0v) is 16.8.